The summed E-state index contributed by atoms with van der Waals surface area (Å²) in [6, 6.07) is 9.17. The SMILES string of the molecule is O=C(Nc1cccc(C2SCCS2)c1)c1cnc2[nH]c(=O)[nH]c(=O)c2c1. The van der Waals surface area contributed by atoms with Crippen LogP contribution in [0, 0.1) is 0 Å². The fourth-order valence-corrected chi connectivity index (χ4v) is 5.53. The first-order valence-electron chi connectivity index (χ1n) is 7.87. The quantitative estimate of drug-likeness (QED) is 0.638. The fourth-order valence-electron chi connectivity index (χ4n) is 2.69. The normalized spacial score (nSPS) is 14.6. The summed E-state index contributed by atoms with van der Waals surface area (Å²) in [5, 5.41) is 2.99. The molecular weight excluding hydrogens is 372 g/mol. The number of benzene rings is 1. The monoisotopic (exact) mass is 386 g/mol. The molecule has 2 aromatic heterocycles. The Kier molecular flexibility index (Phi) is 4.56. The molecule has 7 nitrogen and oxygen atoms in total. The highest BCUT2D eigenvalue weighted by Gasteiger charge is 2.18. The van der Waals surface area contributed by atoms with Gasteiger partial charge in [-0.3, -0.25) is 19.6 Å². The number of rotatable bonds is 3. The first kappa shape index (κ1) is 16.9. The van der Waals surface area contributed by atoms with Gasteiger partial charge in [0.15, 0.2) is 0 Å². The van der Waals surface area contributed by atoms with Gasteiger partial charge in [0.25, 0.3) is 11.5 Å². The number of hydrogen-bond acceptors (Lipinski definition) is 6. The van der Waals surface area contributed by atoms with Gasteiger partial charge in [-0.2, -0.15) is 0 Å². The molecule has 0 unspecified atom stereocenters. The molecule has 1 aliphatic heterocycles. The highest BCUT2D eigenvalue weighted by atomic mass is 32.2. The van der Waals surface area contributed by atoms with E-state index in [1.54, 1.807) is 0 Å². The first-order valence-corrected chi connectivity index (χ1v) is 9.97. The van der Waals surface area contributed by atoms with Gasteiger partial charge in [-0.1, -0.05) is 12.1 Å². The summed E-state index contributed by atoms with van der Waals surface area (Å²) in [6.45, 7) is 0. The van der Waals surface area contributed by atoms with Crippen LogP contribution in [0.4, 0.5) is 5.69 Å². The van der Waals surface area contributed by atoms with E-state index in [0.717, 1.165) is 11.5 Å². The molecular formula is C17H14N4O3S2. The predicted molar refractivity (Wildman–Crippen MR) is 105 cm³/mol. The van der Waals surface area contributed by atoms with Crippen LogP contribution < -0.4 is 16.6 Å². The number of H-pyrrole nitrogens is 2. The third-order valence-electron chi connectivity index (χ3n) is 3.89. The van der Waals surface area contributed by atoms with Crippen molar-refractivity contribution in [3.63, 3.8) is 0 Å². The van der Waals surface area contributed by atoms with E-state index in [2.05, 4.69) is 26.3 Å². The number of anilines is 1. The molecule has 4 rings (SSSR count). The molecule has 1 aromatic carbocycles. The largest absolute Gasteiger partial charge is 0.327 e. The van der Waals surface area contributed by atoms with Gasteiger partial charge in [-0.25, -0.2) is 9.78 Å². The summed E-state index contributed by atoms with van der Waals surface area (Å²) < 4.78 is 0.393. The van der Waals surface area contributed by atoms with E-state index >= 15 is 0 Å². The van der Waals surface area contributed by atoms with Crippen LogP contribution >= 0.6 is 23.5 Å². The molecule has 1 saturated heterocycles. The lowest BCUT2D eigenvalue weighted by atomic mass is 10.2. The number of carbonyl (C=O) groups excluding carboxylic acids is 1. The molecule has 0 spiro atoms. The summed E-state index contributed by atoms with van der Waals surface area (Å²) in [5.41, 5.74) is 1.03. The van der Waals surface area contributed by atoms with Crippen LogP contribution in [-0.4, -0.2) is 32.4 Å². The van der Waals surface area contributed by atoms with Gasteiger partial charge in [-0.05, 0) is 23.8 Å². The average Bonchev–Trinajstić information content (AvgIpc) is 3.16. The van der Waals surface area contributed by atoms with Gasteiger partial charge in [0, 0.05) is 23.4 Å². The van der Waals surface area contributed by atoms with E-state index < -0.39 is 11.2 Å². The lowest BCUT2D eigenvalue weighted by Crippen LogP contribution is -2.23. The molecule has 3 heterocycles. The van der Waals surface area contributed by atoms with Crippen molar-refractivity contribution in [1.82, 2.24) is 15.0 Å². The van der Waals surface area contributed by atoms with E-state index in [1.807, 2.05) is 41.7 Å². The van der Waals surface area contributed by atoms with Gasteiger partial charge in [0.2, 0.25) is 0 Å². The third kappa shape index (κ3) is 3.40. The number of carbonyl (C=O) groups is 1. The van der Waals surface area contributed by atoms with Gasteiger partial charge >= 0.3 is 5.69 Å². The molecule has 3 aromatic rings. The molecule has 0 saturated carbocycles. The van der Waals surface area contributed by atoms with Crippen LogP contribution in [0.2, 0.25) is 0 Å². The van der Waals surface area contributed by atoms with E-state index in [4.69, 9.17) is 0 Å². The number of hydrogen-bond donors (Lipinski definition) is 3. The van der Waals surface area contributed by atoms with E-state index in [9.17, 15) is 14.4 Å². The zero-order chi connectivity index (χ0) is 18.1. The smallest absolute Gasteiger partial charge is 0.322 e. The second-order valence-electron chi connectivity index (χ2n) is 5.68. The summed E-state index contributed by atoms with van der Waals surface area (Å²) in [4.78, 5) is 44.2. The lowest BCUT2D eigenvalue weighted by molar-refractivity contribution is 0.102. The van der Waals surface area contributed by atoms with Crippen molar-refractivity contribution >= 4 is 46.2 Å². The van der Waals surface area contributed by atoms with Crippen LogP contribution in [0.15, 0.2) is 46.1 Å². The number of fused-ring (bicyclic) bond motifs is 1. The van der Waals surface area contributed by atoms with Crippen LogP contribution in [0.1, 0.15) is 20.5 Å². The molecule has 3 N–H and O–H groups in total. The number of aromatic amines is 2. The number of amides is 1. The van der Waals surface area contributed by atoms with Crippen molar-refractivity contribution in [2.45, 2.75) is 4.58 Å². The highest BCUT2D eigenvalue weighted by molar-refractivity contribution is 8.19. The van der Waals surface area contributed by atoms with Crippen molar-refractivity contribution in [3.05, 3.63) is 68.5 Å². The Morgan fingerprint density at radius 1 is 1.15 bits per heavy atom. The van der Waals surface area contributed by atoms with Crippen molar-refractivity contribution < 1.29 is 4.79 Å². The summed E-state index contributed by atoms with van der Waals surface area (Å²) >= 11 is 3.79. The van der Waals surface area contributed by atoms with Crippen LogP contribution in [-0.2, 0) is 0 Å². The highest BCUT2D eigenvalue weighted by Crippen LogP contribution is 2.45. The topological polar surface area (TPSA) is 108 Å². The maximum absolute atomic E-state index is 12.5. The Balaban J connectivity index is 1.60. The Morgan fingerprint density at radius 2 is 1.96 bits per heavy atom. The van der Waals surface area contributed by atoms with Crippen molar-refractivity contribution in [2.24, 2.45) is 0 Å². The standard InChI is InChI=1S/C17H14N4O3S2/c22-14(10-7-12-13(18-8-10)20-17(24)21-15(12)23)19-11-3-1-2-9(6-11)16-25-4-5-26-16/h1-3,6-8,16H,4-5H2,(H,19,22)(H2,18,20,21,23,24). The fraction of sp³-hybridized carbons (Fsp3) is 0.176. The lowest BCUT2D eigenvalue weighted by Gasteiger charge is -2.11. The Hall–Kier alpha value is -2.52. The van der Waals surface area contributed by atoms with E-state index in [0.29, 0.717) is 10.3 Å². The summed E-state index contributed by atoms with van der Waals surface area (Å²) in [7, 11) is 0. The van der Waals surface area contributed by atoms with Gasteiger partial charge in [0.05, 0.1) is 15.5 Å². The Bertz CT molecular complexity index is 1100. The van der Waals surface area contributed by atoms with Gasteiger partial charge < -0.3 is 5.32 Å². The summed E-state index contributed by atoms with van der Waals surface area (Å²) in [5.74, 6) is 1.89. The Labute approximate surface area is 156 Å². The second-order valence-corrected chi connectivity index (χ2v) is 8.41. The maximum atomic E-state index is 12.5. The molecule has 0 atom stereocenters. The molecule has 132 valence electrons. The molecule has 1 fully saturated rings. The number of pyridine rings is 1. The predicted octanol–water partition coefficient (Wildman–Crippen LogP) is 2.34. The molecule has 0 radical (unpaired) electrons. The number of aromatic nitrogens is 3. The molecule has 9 heteroatoms. The first-order chi connectivity index (χ1) is 12.6. The van der Waals surface area contributed by atoms with Crippen LogP contribution in [0.3, 0.4) is 0 Å². The molecule has 1 aliphatic rings. The molecule has 0 bridgehead atoms. The minimum atomic E-state index is -0.633. The minimum Gasteiger partial charge on any atom is -0.322 e. The second kappa shape index (κ2) is 7.00. The van der Waals surface area contributed by atoms with Gasteiger partial charge in [0.1, 0.15) is 5.65 Å². The zero-order valence-electron chi connectivity index (χ0n) is 13.4. The van der Waals surface area contributed by atoms with Crippen molar-refractivity contribution in [1.29, 1.82) is 0 Å². The Morgan fingerprint density at radius 3 is 2.77 bits per heavy atom. The number of nitrogens with one attached hydrogen (secondary N) is 3. The summed E-state index contributed by atoms with van der Waals surface area (Å²) in [6.07, 6.45) is 1.33. The van der Waals surface area contributed by atoms with Gasteiger partial charge in [-0.15, -0.1) is 23.5 Å². The average molecular weight is 386 g/mol. The van der Waals surface area contributed by atoms with E-state index in [-0.39, 0.29) is 22.5 Å². The molecule has 1 amide bonds. The number of thioether (sulfide) groups is 2. The third-order valence-corrected chi connectivity index (χ3v) is 7.00. The van der Waals surface area contributed by atoms with Crippen LogP contribution in [0.5, 0.6) is 0 Å². The molecule has 0 aliphatic carbocycles. The minimum absolute atomic E-state index is 0.146. The maximum Gasteiger partial charge on any atom is 0.327 e. The van der Waals surface area contributed by atoms with E-state index in [1.165, 1.54) is 17.8 Å². The zero-order valence-corrected chi connectivity index (χ0v) is 15.1. The number of nitrogens with zero attached hydrogens (tertiary/aromatic N) is 1. The van der Waals surface area contributed by atoms with Crippen LogP contribution in [0.25, 0.3) is 11.0 Å². The van der Waals surface area contributed by atoms with Crippen molar-refractivity contribution in [2.75, 3.05) is 16.8 Å². The molecule has 26 heavy (non-hydrogen) atoms. The van der Waals surface area contributed by atoms with Crippen molar-refractivity contribution in [3.8, 4) is 0 Å².